The molecule has 1 aliphatic rings. The van der Waals surface area contributed by atoms with E-state index in [-0.39, 0.29) is 23.7 Å². The molecule has 1 atom stereocenters. The molecular weight excluding hydrogens is 404 g/mol. The molecule has 0 spiro atoms. The zero-order valence-corrected chi connectivity index (χ0v) is 15.7. The Morgan fingerprint density at radius 3 is 2.81 bits per heavy atom. The maximum absolute atomic E-state index is 12.7. The van der Waals surface area contributed by atoms with Crippen LogP contribution in [0.5, 0.6) is 6.01 Å². The fourth-order valence-corrected chi connectivity index (χ4v) is 3.06. The molecule has 1 fully saturated rings. The van der Waals surface area contributed by atoms with Crippen molar-refractivity contribution in [3.63, 3.8) is 0 Å². The van der Waals surface area contributed by atoms with Gasteiger partial charge in [-0.15, -0.1) is 0 Å². The third-order valence-electron chi connectivity index (χ3n) is 4.19. The summed E-state index contributed by atoms with van der Waals surface area (Å²) < 4.78 is 6.52. The van der Waals surface area contributed by atoms with Crippen LogP contribution in [0.25, 0.3) is 0 Å². The average Bonchev–Trinajstić information content (AvgIpc) is 2.63. The predicted molar refractivity (Wildman–Crippen MR) is 97.1 cm³/mol. The molecule has 1 saturated heterocycles. The van der Waals surface area contributed by atoms with Gasteiger partial charge in [0, 0.05) is 36.1 Å². The highest BCUT2D eigenvalue weighted by Crippen LogP contribution is 2.22. The van der Waals surface area contributed by atoms with Crippen LogP contribution in [-0.2, 0) is 0 Å². The van der Waals surface area contributed by atoms with E-state index in [0.29, 0.717) is 24.2 Å². The third kappa shape index (κ3) is 4.16. The van der Waals surface area contributed by atoms with E-state index in [9.17, 15) is 14.9 Å². The van der Waals surface area contributed by atoms with E-state index in [1.165, 1.54) is 6.07 Å². The number of rotatable bonds is 4. The van der Waals surface area contributed by atoms with Crippen LogP contribution in [0.3, 0.4) is 0 Å². The molecule has 26 heavy (non-hydrogen) atoms. The first kappa shape index (κ1) is 18.2. The lowest BCUT2D eigenvalue weighted by atomic mass is 10.1. The second-order valence-electron chi connectivity index (χ2n) is 6.08. The summed E-state index contributed by atoms with van der Waals surface area (Å²) in [4.78, 5) is 33.2. The minimum Gasteiger partial charge on any atom is -0.458 e. The van der Waals surface area contributed by atoms with Crippen molar-refractivity contribution in [3.8, 4) is 6.01 Å². The molecular formula is C17H17BrN4O4. The van der Waals surface area contributed by atoms with Crippen molar-refractivity contribution in [2.75, 3.05) is 13.1 Å². The molecule has 2 heterocycles. The largest absolute Gasteiger partial charge is 0.458 e. The van der Waals surface area contributed by atoms with Crippen molar-refractivity contribution in [1.29, 1.82) is 0 Å². The number of aromatic nitrogens is 2. The number of carbonyl (C=O) groups is 1. The molecule has 1 aromatic carbocycles. The number of likely N-dealkylation sites (tertiary alicyclic amines) is 1. The smallest absolute Gasteiger partial charge is 0.316 e. The second kappa shape index (κ2) is 7.77. The number of benzene rings is 1. The molecule has 1 amide bonds. The summed E-state index contributed by atoms with van der Waals surface area (Å²) >= 11 is 3.26. The van der Waals surface area contributed by atoms with E-state index in [4.69, 9.17) is 4.74 Å². The molecule has 1 aromatic heterocycles. The number of nitrogens with zero attached hydrogens (tertiary/aromatic N) is 4. The Bertz CT molecular complexity index is 828. The van der Waals surface area contributed by atoms with Crippen LogP contribution < -0.4 is 4.74 Å². The zero-order chi connectivity index (χ0) is 18.7. The normalized spacial score (nSPS) is 17.0. The number of hydrogen-bond donors (Lipinski definition) is 0. The summed E-state index contributed by atoms with van der Waals surface area (Å²) in [6, 6.07) is 4.81. The number of amides is 1. The molecule has 3 rings (SSSR count). The van der Waals surface area contributed by atoms with Crippen LogP contribution in [0.1, 0.15) is 28.8 Å². The summed E-state index contributed by atoms with van der Waals surface area (Å²) in [5.41, 5.74) is 0.783. The Morgan fingerprint density at radius 2 is 2.12 bits per heavy atom. The van der Waals surface area contributed by atoms with Gasteiger partial charge in [-0.2, -0.15) is 0 Å². The van der Waals surface area contributed by atoms with Gasteiger partial charge in [-0.1, -0.05) is 6.07 Å². The van der Waals surface area contributed by atoms with Crippen LogP contribution in [0.15, 0.2) is 35.1 Å². The van der Waals surface area contributed by atoms with Gasteiger partial charge in [0.15, 0.2) is 0 Å². The first-order valence-corrected chi connectivity index (χ1v) is 8.92. The van der Waals surface area contributed by atoms with E-state index in [0.717, 1.165) is 17.3 Å². The molecule has 1 unspecified atom stereocenters. The van der Waals surface area contributed by atoms with Gasteiger partial charge in [0.05, 0.1) is 15.9 Å². The fourth-order valence-electron chi connectivity index (χ4n) is 2.85. The summed E-state index contributed by atoms with van der Waals surface area (Å²) in [6.07, 6.45) is 4.55. The lowest BCUT2D eigenvalue weighted by Crippen LogP contribution is -2.44. The fraction of sp³-hybridized carbons (Fsp3) is 0.353. The van der Waals surface area contributed by atoms with Gasteiger partial charge >= 0.3 is 6.01 Å². The Morgan fingerprint density at radius 1 is 1.38 bits per heavy atom. The Labute approximate surface area is 158 Å². The number of nitro groups is 1. The van der Waals surface area contributed by atoms with E-state index in [1.54, 1.807) is 36.4 Å². The topological polar surface area (TPSA) is 98.5 Å². The zero-order valence-electron chi connectivity index (χ0n) is 14.1. The molecule has 0 bridgehead atoms. The highest BCUT2D eigenvalue weighted by atomic mass is 79.9. The van der Waals surface area contributed by atoms with Crippen LogP contribution in [0, 0.1) is 17.0 Å². The number of aryl methyl sites for hydroxylation is 1. The van der Waals surface area contributed by atoms with Crippen molar-refractivity contribution in [2.24, 2.45) is 0 Å². The van der Waals surface area contributed by atoms with Gasteiger partial charge in [0.25, 0.3) is 11.6 Å². The van der Waals surface area contributed by atoms with Crippen molar-refractivity contribution in [1.82, 2.24) is 14.9 Å². The van der Waals surface area contributed by atoms with E-state index in [2.05, 4.69) is 25.9 Å². The second-order valence-corrected chi connectivity index (χ2v) is 6.99. The van der Waals surface area contributed by atoms with Crippen molar-refractivity contribution < 1.29 is 14.5 Å². The van der Waals surface area contributed by atoms with Crippen molar-refractivity contribution >= 4 is 27.5 Å². The van der Waals surface area contributed by atoms with Gasteiger partial charge in [0.2, 0.25) is 0 Å². The first-order valence-electron chi connectivity index (χ1n) is 8.12. The average molecular weight is 421 g/mol. The molecule has 2 aromatic rings. The third-order valence-corrected chi connectivity index (χ3v) is 4.60. The van der Waals surface area contributed by atoms with Crippen LogP contribution in [-0.4, -0.2) is 44.9 Å². The number of ether oxygens (including phenoxy) is 1. The molecule has 136 valence electrons. The lowest BCUT2D eigenvalue weighted by Gasteiger charge is -2.32. The summed E-state index contributed by atoms with van der Waals surface area (Å²) in [5.74, 6) is -0.238. The number of halogens is 1. The first-order chi connectivity index (χ1) is 12.4. The van der Waals surface area contributed by atoms with Crippen molar-refractivity contribution in [3.05, 3.63) is 56.3 Å². The van der Waals surface area contributed by atoms with E-state index < -0.39 is 4.92 Å². The molecule has 8 nitrogen and oxygen atoms in total. The number of nitro benzene ring substituents is 1. The predicted octanol–water partition coefficient (Wildman–Crippen LogP) is 3.14. The van der Waals surface area contributed by atoms with Crippen molar-refractivity contribution in [2.45, 2.75) is 25.9 Å². The Balaban J connectivity index is 1.70. The van der Waals surface area contributed by atoms with Crippen LogP contribution in [0.4, 0.5) is 5.69 Å². The van der Waals surface area contributed by atoms with Gasteiger partial charge in [-0.05, 0) is 41.8 Å². The summed E-state index contributed by atoms with van der Waals surface area (Å²) in [6.45, 7) is 2.62. The number of piperidine rings is 1. The number of hydrogen-bond acceptors (Lipinski definition) is 6. The van der Waals surface area contributed by atoms with Crippen LogP contribution >= 0.6 is 15.9 Å². The quantitative estimate of drug-likeness (QED) is 0.556. The van der Waals surface area contributed by atoms with Gasteiger partial charge < -0.3 is 9.64 Å². The summed E-state index contributed by atoms with van der Waals surface area (Å²) in [7, 11) is 0. The Kier molecular flexibility index (Phi) is 5.46. The minimum absolute atomic E-state index is 0.0519. The molecule has 0 radical (unpaired) electrons. The maximum Gasteiger partial charge on any atom is 0.316 e. The minimum atomic E-state index is -0.473. The van der Waals surface area contributed by atoms with Gasteiger partial charge in [-0.25, -0.2) is 9.97 Å². The maximum atomic E-state index is 12.7. The summed E-state index contributed by atoms with van der Waals surface area (Å²) in [5, 5.41) is 11.1. The van der Waals surface area contributed by atoms with E-state index >= 15 is 0 Å². The monoisotopic (exact) mass is 420 g/mol. The SMILES string of the molecule is Cc1ccc(C(=O)N2CCCC(Oc3ncc(Br)cn3)C2)cc1[N+](=O)[O-]. The standard InChI is InChI=1S/C17H17BrN4O4/c1-11-4-5-12(7-15(11)22(24)25)16(23)21-6-2-3-14(10-21)26-17-19-8-13(18)9-20-17/h4-5,7-9,14H,2-3,6,10H2,1H3. The van der Waals surface area contributed by atoms with E-state index in [1.807, 2.05) is 0 Å². The molecule has 9 heteroatoms. The Hall–Kier alpha value is -2.55. The molecule has 0 N–H and O–H groups in total. The molecule has 0 saturated carbocycles. The molecule has 0 aliphatic carbocycles. The van der Waals surface area contributed by atoms with Gasteiger partial charge in [-0.3, -0.25) is 14.9 Å². The molecule has 1 aliphatic heterocycles. The highest BCUT2D eigenvalue weighted by molar-refractivity contribution is 9.10. The lowest BCUT2D eigenvalue weighted by molar-refractivity contribution is -0.385. The van der Waals surface area contributed by atoms with Crippen LogP contribution in [0.2, 0.25) is 0 Å². The van der Waals surface area contributed by atoms with Gasteiger partial charge in [0.1, 0.15) is 6.10 Å². The number of carbonyl (C=O) groups excluding carboxylic acids is 1. The highest BCUT2D eigenvalue weighted by Gasteiger charge is 2.27.